The van der Waals surface area contributed by atoms with Gasteiger partial charge in [-0.1, -0.05) is 0 Å². The number of amides is 1. The van der Waals surface area contributed by atoms with E-state index < -0.39 is 0 Å². The number of nitrogens with one attached hydrogen (secondary N) is 2. The predicted octanol–water partition coefficient (Wildman–Crippen LogP) is 0.0217. The monoisotopic (exact) mass is 242 g/mol. The normalized spacial score (nSPS) is 14.8. The Balaban J connectivity index is 2.09. The number of hydrogen-bond donors (Lipinski definition) is 4. The van der Waals surface area contributed by atoms with Gasteiger partial charge in [0.15, 0.2) is 5.82 Å². The zero-order valence-corrected chi connectivity index (χ0v) is 9.51. The minimum absolute atomic E-state index is 0.00148. The SMILES string of the molecule is Nc1nsc(NCCO)c1C(=O)NC1CC1. The van der Waals surface area contributed by atoms with Gasteiger partial charge >= 0.3 is 0 Å². The van der Waals surface area contributed by atoms with Crippen LogP contribution in [-0.4, -0.2) is 34.6 Å². The molecule has 1 aliphatic carbocycles. The minimum atomic E-state index is -0.186. The molecule has 1 saturated carbocycles. The first-order valence-electron chi connectivity index (χ1n) is 5.13. The molecule has 0 aliphatic heterocycles. The molecule has 1 heterocycles. The van der Waals surface area contributed by atoms with Crippen molar-refractivity contribution in [3.63, 3.8) is 0 Å². The van der Waals surface area contributed by atoms with Gasteiger partial charge in [-0.2, -0.15) is 4.37 Å². The molecule has 1 amide bonds. The van der Waals surface area contributed by atoms with Gasteiger partial charge in [-0.05, 0) is 24.4 Å². The number of hydrogen-bond acceptors (Lipinski definition) is 6. The van der Waals surface area contributed by atoms with Gasteiger partial charge in [-0.15, -0.1) is 0 Å². The standard InChI is InChI=1S/C9H14N4O2S/c10-7-6(8(15)12-5-1-2-5)9(16-13-7)11-3-4-14/h5,11,14H,1-4H2,(H2,10,13)(H,12,15). The van der Waals surface area contributed by atoms with Crippen molar-refractivity contribution in [2.45, 2.75) is 18.9 Å². The smallest absolute Gasteiger partial charge is 0.258 e. The number of aliphatic hydroxyl groups is 1. The Hall–Kier alpha value is -1.34. The molecule has 1 aromatic rings. The van der Waals surface area contributed by atoms with E-state index in [0.29, 0.717) is 17.1 Å². The maximum Gasteiger partial charge on any atom is 0.258 e. The van der Waals surface area contributed by atoms with Gasteiger partial charge in [0.25, 0.3) is 5.91 Å². The van der Waals surface area contributed by atoms with Crippen LogP contribution in [0.15, 0.2) is 0 Å². The summed E-state index contributed by atoms with van der Waals surface area (Å²) in [5, 5.41) is 15.1. The fourth-order valence-electron chi connectivity index (χ4n) is 1.30. The Kier molecular flexibility index (Phi) is 3.25. The third-order valence-electron chi connectivity index (χ3n) is 2.26. The van der Waals surface area contributed by atoms with Gasteiger partial charge in [0.2, 0.25) is 0 Å². The highest BCUT2D eigenvalue weighted by Crippen LogP contribution is 2.28. The fourth-order valence-corrected chi connectivity index (χ4v) is 2.03. The molecular formula is C9H14N4O2S. The lowest BCUT2D eigenvalue weighted by Gasteiger charge is -2.06. The number of aliphatic hydroxyl groups excluding tert-OH is 1. The summed E-state index contributed by atoms with van der Waals surface area (Å²) in [6, 6.07) is 0.289. The number of nitrogen functional groups attached to an aromatic ring is 1. The molecule has 1 aromatic heterocycles. The van der Waals surface area contributed by atoms with Crippen molar-refractivity contribution < 1.29 is 9.90 Å². The highest BCUT2D eigenvalue weighted by molar-refractivity contribution is 7.11. The molecule has 0 unspecified atom stereocenters. The van der Waals surface area contributed by atoms with Crippen LogP contribution < -0.4 is 16.4 Å². The molecule has 1 fully saturated rings. The summed E-state index contributed by atoms with van der Waals surface area (Å²) >= 11 is 1.13. The lowest BCUT2D eigenvalue weighted by atomic mass is 10.3. The van der Waals surface area contributed by atoms with Gasteiger partial charge < -0.3 is 21.5 Å². The average Bonchev–Trinajstić information content (AvgIpc) is 2.98. The van der Waals surface area contributed by atoms with Crippen molar-refractivity contribution in [3.05, 3.63) is 5.56 Å². The largest absolute Gasteiger partial charge is 0.395 e. The number of carbonyl (C=O) groups is 1. The second-order valence-electron chi connectivity index (χ2n) is 3.67. The van der Waals surface area contributed by atoms with Crippen molar-refractivity contribution in [1.29, 1.82) is 0 Å². The summed E-state index contributed by atoms with van der Waals surface area (Å²) in [7, 11) is 0. The molecule has 7 heteroatoms. The van der Waals surface area contributed by atoms with Gasteiger partial charge in [-0.3, -0.25) is 4.79 Å². The highest BCUT2D eigenvalue weighted by Gasteiger charge is 2.27. The third kappa shape index (κ3) is 2.42. The summed E-state index contributed by atoms with van der Waals surface area (Å²) in [6.07, 6.45) is 2.06. The molecule has 5 N–H and O–H groups in total. The summed E-state index contributed by atoms with van der Waals surface area (Å²) in [5.74, 6) is 0.0535. The van der Waals surface area contributed by atoms with Crippen LogP contribution in [0, 0.1) is 0 Å². The topological polar surface area (TPSA) is 100 Å². The van der Waals surface area contributed by atoms with Crippen LogP contribution in [-0.2, 0) is 0 Å². The number of anilines is 2. The molecular weight excluding hydrogens is 228 g/mol. The first-order valence-corrected chi connectivity index (χ1v) is 5.90. The summed E-state index contributed by atoms with van der Waals surface area (Å²) < 4.78 is 3.93. The van der Waals surface area contributed by atoms with E-state index >= 15 is 0 Å². The second kappa shape index (κ2) is 4.67. The maximum atomic E-state index is 11.8. The van der Waals surface area contributed by atoms with Crippen molar-refractivity contribution in [2.75, 3.05) is 24.2 Å². The van der Waals surface area contributed by atoms with Crippen LogP contribution in [0.25, 0.3) is 0 Å². The fraction of sp³-hybridized carbons (Fsp3) is 0.556. The first-order chi connectivity index (χ1) is 7.72. The number of nitrogens with two attached hydrogens (primary N) is 1. The summed E-state index contributed by atoms with van der Waals surface area (Å²) in [5.41, 5.74) is 6.04. The Bertz CT molecular complexity index is 389. The van der Waals surface area contributed by atoms with Crippen LogP contribution >= 0.6 is 11.5 Å². The van der Waals surface area contributed by atoms with Crippen LogP contribution in [0.2, 0.25) is 0 Å². The van der Waals surface area contributed by atoms with Crippen LogP contribution in [0.3, 0.4) is 0 Å². The quantitative estimate of drug-likeness (QED) is 0.583. The van der Waals surface area contributed by atoms with E-state index in [0.717, 1.165) is 24.4 Å². The molecule has 6 nitrogen and oxygen atoms in total. The van der Waals surface area contributed by atoms with E-state index in [1.54, 1.807) is 0 Å². The molecule has 16 heavy (non-hydrogen) atoms. The van der Waals surface area contributed by atoms with Crippen molar-refractivity contribution in [3.8, 4) is 0 Å². The molecule has 0 atom stereocenters. The van der Waals surface area contributed by atoms with Gasteiger partial charge in [-0.25, -0.2) is 0 Å². The van der Waals surface area contributed by atoms with Crippen LogP contribution in [0.5, 0.6) is 0 Å². The summed E-state index contributed by atoms with van der Waals surface area (Å²) in [4.78, 5) is 11.8. The van der Waals surface area contributed by atoms with E-state index in [9.17, 15) is 4.79 Å². The van der Waals surface area contributed by atoms with Crippen LogP contribution in [0.4, 0.5) is 10.8 Å². The first kappa shape index (κ1) is 11.2. The van der Waals surface area contributed by atoms with E-state index in [1.807, 2.05) is 0 Å². The maximum absolute atomic E-state index is 11.8. The molecule has 0 aromatic carbocycles. The Morgan fingerprint density at radius 2 is 2.38 bits per heavy atom. The highest BCUT2D eigenvalue weighted by atomic mass is 32.1. The third-order valence-corrected chi connectivity index (χ3v) is 3.07. The molecule has 1 aliphatic rings. The number of nitrogens with zero attached hydrogens (tertiary/aromatic N) is 1. The van der Waals surface area contributed by atoms with E-state index in [-0.39, 0.29) is 24.4 Å². The molecule has 0 spiro atoms. The zero-order valence-electron chi connectivity index (χ0n) is 8.69. The predicted molar refractivity (Wildman–Crippen MR) is 62.6 cm³/mol. The van der Waals surface area contributed by atoms with Gasteiger partial charge in [0.1, 0.15) is 10.6 Å². The van der Waals surface area contributed by atoms with Crippen molar-refractivity contribution >= 4 is 28.3 Å². The number of rotatable bonds is 5. The Morgan fingerprint density at radius 1 is 1.62 bits per heavy atom. The van der Waals surface area contributed by atoms with Gasteiger partial charge in [0.05, 0.1) is 6.61 Å². The molecule has 2 rings (SSSR count). The summed E-state index contributed by atoms with van der Waals surface area (Å²) in [6.45, 7) is 0.382. The lowest BCUT2D eigenvalue weighted by Crippen LogP contribution is -2.26. The van der Waals surface area contributed by atoms with E-state index in [1.165, 1.54) is 0 Å². The van der Waals surface area contributed by atoms with E-state index in [4.69, 9.17) is 10.8 Å². The van der Waals surface area contributed by atoms with Crippen molar-refractivity contribution in [1.82, 2.24) is 9.69 Å². The molecule has 0 bridgehead atoms. The average molecular weight is 242 g/mol. The van der Waals surface area contributed by atoms with Crippen molar-refractivity contribution in [2.24, 2.45) is 0 Å². The van der Waals surface area contributed by atoms with E-state index in [2.05, 4.69) is 15.0 Å². The molecule has 88 valence electrons. The zero-order chi connectivity index (χ0) is 11.5. The molecule has 0 radical (unpaired) electrons. The molecule has 0 saturated heterocycles. The lowest BCUT2D eigenvalue weighted by molar-refractivity contribution is 0.0953. The van der Waals surface area contributed by atoms with Gasteiger partial charge in [0, 0.05) is 12.6 Å². The van der Waals surface area contributed by atoms with Crippen LogP contribution in [0.1, 0.15) is 23.2 Å². The second-order valence-corrected chi connectivity index (χ2v) is 4.44. The minimum Gasteiger partial charge on any atom is -0.395 e. The Labute approximate surface area is 97.0 Å². The number of aromatic nitrogens is 1. The Morgan fingerprint density at radius 3 is 3.00 bits per heavy atom. The number of carbonyl (C=O) groups excluding carboxylic acids is 1.